The lowest BCUT2D eigenvalue weighted by Gasteiger charge is -2.07. The van der Waals surface area contributed by atoms with Gasteiger partial charge in [0.1, 0.15) is 5.75 Å². The number of carbonyl (C=O) groups excluding carboxylic acids is 1. The first-order valence-corrected chi connectivity index (χ1v) is 10.8. The monoisotopic (exact) mass is 436 g/mol. The van der Waals surface area contributed by atoms with Crippen molar-refractivity contribution in [3.63, 3.8) is 0 Å². The number of methoxy groups -OCH3 is 1. The van der Waals surface area contributed by atoms with Crippen LogP contribution in [0.2, 0.25) is 5.02 Å². The Morgan fingerprint density at radius 3 is 2.73 bits per heavy atom. The van der Waals surface area contributed by atoms with Crippen molar-refractivity contribution in [2.75, 3.05) is 12.4 Å². The molecule has 1 heterocycles. The third-order valence-electron chi connectivity index (χ3n) is 4.92. The number of rotatable bonds is 6. The third-order valence-corrected chi connectivity index (χ3v) is 6.37. The molecule has 0 atom stereocenters. The second kappa shape index (κ2) is 8.86. The second-order valence-corrected chi connectivity index (χ2v) is 8.58. The maximum atomic E-state index is 12.5. The smallest absolute Gasteiger partial charge is 0.229 e. The Labute approximate surface area is 184 Å². The Morgan fingerprint density at radius 1 is 1.13 bits per heavy atom. The van der Waals surface area contributed by atoms with E-state index in [9.17, 15) is 4.79 Å². The fourth-order valence-corrected chi connectivity index (χ4v) is 4.78. The first kappa shape index (κ1) is 20.4. The number of aryl methyl sites for hydroxylation is 1. The molecule has 0 radical (unpaired) electrons. The normalized spacial score (nSPS) is 10.9. The van der Waals surface area contributed by atoms with Gasteiger partial charge in [0.05, 0.1) is 29.3 Å². The highest BCUT2D eigenvalue weighted by Gasteiger charge is 2.14. The van der Waals surface area contributed by atoms with Crippen molar-refractivity contribution < 1.29 is 9.53 Å². The molecule has 0 saturated carbocycles. The predicted molar refractivity (Wildman–Crippen MR) is 124 cm³/mol. The quantitative estimate of drug-likeness (QED) is 0.401. The van der Waals surface area contributed by atoms with Crippen LogP contribution in [0.4, 0.5) is 5.69 Å². The van der Waals surface area contributed by atoms with Crippen LogP contribution in [0.1, 0.15) is 21.1 Å². The van der Waals surface area contributed by atoms with Gasteiger partial charge in [-0.25, -0.2) is 4.98 Å². The zero-order valence-corrected chi connectivity index (χ0v) is 18.3. The Kier molecular flexibility index (Phi) is 6.02. The fourth-order valence-electron chi connectivity index (χ4n) is 3.43. The van der Waals surface area contributed by atoms with Crippen molar-refractivity contribution in [3.8, 4) is 5.75 Å². The van der Waals surface area contributed by atoms with Crippen molar-refractivity contribution in [1.82, 2.24) is 4.98 Å². The molecule has 0 unspecified atom stereocenters. The van der Waals surface area contributed by atoms with Crippen molar-refractivity contribution >= 4 is 45.3 Å². The van der Waals surface area contributed by atoms with Crippen LogP contribution in [0.5, 0.6) is 5.75 Å². The molecule has 0 bridgehead atoms. The number of nitrogens with zero attached hydrogens (tertiary/aromatic N) is 1. The lowest BCUT2D eigenvalue weighted by Crippen LogP contribution is -2.14. The minimum Gasteiger partial charge on any atom is -0.495 e. The Bertz CT molecular complexity index is 1210. The summed E-state index contributed by atoms with van der Waals surface area (Å²) in [6, 6.07) is 19.9. The van der Waals surface area contributed by atoms with Crippen LogP contribution < -0.4 is 10.1 Å². The summed E-state index contributed by atoms with van der Waals surface area (Å²) in [6.07, 6.45) is 1.03. The highest BCUT2D eigenvalue weighted by molar-refractivity contribution is 7.11. The largest absolute Gasteiger partial charge is 0.495 e. The summed E-state index contributed by atoms with van der Waals surface area (Å²) < 4.78 is 5.14. The number of hydrogen-bond donors (Lipinski definition) is 1. The summed E-state index contributed by atoms with van der Waals surface area (Å²) in [5.41, 5.74) is 2.79. The number of halogens is 1. The molecule has 1 aromatic heterocycles. The fraction of sp³-hybridized carbons (Fsp3) is 0.167. The number of anilines is 1. The van der Waals surface area contributed by atoms with E-state index in [1.165, 1.54) is 16.3 Å². The molecule has 0 fully saturated rings. The molecule has 4 rings (SSSR count). The number of fused-ring (bicyclic) bond motifs is 1. The molecule has 4 aromatic rings. The van der Waals surface area contributed by atoms with Crippen molar-refractivity contribution in [2.24, 2.45) is 0 Å². The van der Waals surface area contributed by atoms with Gasteiger partial charge in [-0.15, -0.1) is 11.3 Å². The van der Waals surface area contributed by atoms with E-state index in [1.807, 2.05) is 13.0 Å². The van der Waals surface area contributed by atoms with Gasteiger partial charge in [0, 0.05) is 17.0 Å². The van der Waals surface area contributed by atoms with Crippen LogP contribution in [0.3, 0.4) is 0 Å². The molecule has 6 heteroatoms. The summed E-state index contributed by atoms with van der Waals surface area (Å²) in [5.74, 6) is 0.478. The molecule has 3 aromatic carbocycles. The summed E-state index contributed by atoms with van der Waals surface area (Å²) in [7, 11) is 1.56. The van der Waals surface area contributed by atoms with E-state index in [1.54, 1.807) is 36.6 Å². The lowest BCUT2D eigenvalue weighted by molar-refractivity contribution is -0.115. The average Bonchev–Trinajstić information content (AvgIpc) is 3.07. The SMILES string of the molecule is COc1ccc(NC(=O)Cc2sc(Cc3cccc4ccccc34)nc2C)cc1Cl. The molecule has 30 heavy (non-hydrogen) atoms. The number of hydrogen-bond acceptors (Lipinski definition) is 4. The molecule has 0 aliphatic carbocycles. The van der Waals surface area contributed by atoms with Crippen molar-refractivity contribution in [1.29, 1.82) is 0 Å². The standard InChI is InChI=1S/C24H21ClN2O2S/c1-15-22(14-23(28)27-18-10-11-21(29-2)20(25)13-18)30-24(26-15)12-17-8-5-7-16-6-3-4-9-19(16)17/h3-11,13H,12,14H2,1-2H3,(H,27,28). The number of amides is 1. The van der Waals surface area contributed by atoms with Gasteiger partial charge in [-0.2, -0.15) is 0 Å². The maximum Gasteiger partial charge on any atom is 0.229 e. The van der Waals surface area contributed by atoms with E-state index < -0.39 is 0 Å². The molecule has 0 spiro atoms. The molecule has 152 valence electrons. The molecule has 1 N–H and O–H groups in total. The van der Waals surface area contributed by atoms with Crippen LogP contribution in [0.25, 0.3) is 10.8 Å². The van der Waals surface area contributed by atoms with Crippen LogP contribution in [0.15, 0.2) is 60.7 Å². The number of nitrogens with one attached hydrogen (secondary N) is 1. The Balaban J connectivity index is 1.47. The summed E-state index contributed by atoms with van der Waals surface area (Å²) in [6.45, 7) is 1.95. The van der Waals surface area contributed by atoms with E-state index in [2.05, 4.69) is 41.7 Å². The van der Waals surface area contributed by atoms with Gasteiger partial charge in [-0.1, -0.05) is 54.1 Å². The maximum absolute atomic E-state index is 12.5. The molecule has 0 aliphatic heterocycles. The summed E-state index contributed by atoms with van der Waals surface area (Å²) in [5, 5.41) is 6.83. The van der Waals surface area contributed by atoms with Crippen LogP contribution in [0, 0.1) is 6.92 Å². The van der Waals surface area contributed by atoms with Gasteiger partial charge in [0.15, 0.2) is 0 Å². The Morgan fingerprint density at radius 2 is 1.93 bits per heavy atom. The molecule has 0 saturated heterocycles. The number of thiazole rings is 1. The first-order chi connectivity index (χ1) is 14.5. The number of carbonyl (C=O) groups is 1. The lowest BCUT2D eigenvalue weighted by atomic mass is 10.0. The van der Waals surface area contributed by atoms with E-state index in [4.69, 9.17) is 21.3 Å². The summed E-state index contributed by atoms with van der Waals surface area (Å²) >= 11 is 7.73. The minimum absolute atomic E-state index is 0.0975. The zero-order chi connectivity index (χ0) is 21.1. The van der Waals surface area contributed by atoms with Crippen LogP contribution in [-0.2, 0) is 17.6 Å². The minimum atomic E-state index is -0.0975. The van der Waals surface area contributed by atoms with Crippen molar-refractivity contribution in [3.05, 3.63) is 86.8 Å². The van der Waals surface area contributed by atoms with Gasteiger partial charge in [0.2, 0.25) is 5.91 Å². The van der Waals surface area contributed by atoms with Gasteiger partial charge in [-0.3, -0.25) is 4.79 Å². The van der Waals surface area contributed by atoms with Gasteiger partial charge in [0.25, 0.3) is 0 Å². The van der Waals surface area contributed by atoms with E-state index >= 15 is 0 Å². The van der Waals surface area contributed by atoms with Crippen LogP contribution in [-0.4, -0.2) is 18.0 Å². The highest BCUT2D eigenvalue weighted by Crippen LogP contribution is 2.28. The predicted octanol–water partition coefficient (Wildman–Crippen LogP) is 6.04. The van der Waals surface area contributed by atoms with E-state index in [-0.39, 0.29) is 12.3 Å². The van der Waals surface area contributed by atoms with Crippen LogP contribution >= 0.6 is 22.9 Å². The number of benzene rings is 3. The first-order valence-electron chi connectivity index (χ1n) is 9.58. The molecular weight excluding hydrogens is 416 g/mol. The number of ether oxygens (including phenoxy) is 1. The van der Waals surface area contributed by atoms with Gasteiger partial charge >= 0.3 is 0 Å². The molecule has 4 nitrogen and oxygen atoms in total. The highest BCUT2D eigenvalue weighted by atomic mass is 35.5. The molecular formula is C24H21ClN2O2S. The number of aromatic nitrogens is 1. The molecule has 1 amide bonds. The second-order valence-electron chi connectivity index (χ2n) is 7.01. The Hall–Kier alpha value is -2.89. The van der Waals surface area contributed by atoms with E-state index in [0.29, 0.717) is 16.5 Å². The third kappa shape index (κ3) is 4.48. The summed E-state index contributed by atoms with van der Waals surface area (Å²) in [4.78, 5) is 18.2. The van der Waals surface area contributed by atoms with Gasteiger partial charge < -0.3 is 10.1 Å². The van der Waals surface area contributed by atoms with Gasteiger partial charge in [-0.05, 0) is 41.5 Å². The van der Waals surface area contributed by atoms with E-state index in [0.717, 1.165) is 22.0 Å². The zero-order valence-electron chi connectivity index (χ0n) is 16.7. The molecule has 0 aliphatic rings. The van der Waals surface area contributed by atoms with Crippen molar-refractivity contribution in [2.45, 2.75) is 19.8 Å². The topological polar surface area (TPSA) is 51.2 Å². The average molecular weight is 437 g/mol.